The van der Waals surface area contributed by atoms with Crippen molar-refractivity contribution in [3.05, 3.63) is 81.8 Å². The Kier molecular flexibility index (Phi) is 6.66. The second-order valence-corrected chi connectivity index (χ2v) is 11.4. The fourth-order valence-electron chi connectivity index (χ4n) is 5.65. The molecule has 200 valence electrons. The quantitative estimate of drug-likeness (QED) is 0.252. The summed E-state index contributed by atoms with van der Waals surface area (Å²) in [5.41, 5.74) is 3.58. The standard InChI is InChI=1S/C31H28Cl2N2O4/c1-17(2)38-26-10-7-19(27-14-18-5-3-4-6-25(18)39-27)13-20(26)30(37)35-31(16-36)12-11-24-21(15-31)28-22(32)8-9-23(33)29(28)34-24/h3-10,13-14,17,21,36H,11-12,15-16H2,1-2H3,(H,35,37). The van der Waals surface area contributed by atoms with E-state index in [0.717, 1.165) is 27.8 Å². The number of nitrogens with one attached hydrogen (secondary N) is 1. The fourth-order valence-corrected chi connectivity index (χ4v) is 6.14. The number of amides is 1. The molecular weight excluding hydrogens is 535 g/mol. The molecule has 1 aromatic heterocycles. The van der Waals surface area contributed by atoms with Crippen molar-refractivity contribution in [3.8, 4) is 17.1 Å². The molecule has 6 nitrogen and oxygen atoms in total. The summed E-state index contributed by atoms with van der Waals surface area (Å²) in [7, 11) is 0. The lowest BCUT2D eigenvalue weighted by atomic mass is 9.73. The molecule has 2 heterocycles. The van der Waals surface area contributed by atoms with E-state index in [4.69, 9.17) is 37.3 Å². The molecular formula is C31H28Cl2N2O4. The molecule has 2 aliphatic rings. The van der Waals surface area contributed by atoms with Gasteiger partial charge in [-0.05, 0) is 75.6 Å². The van der Waals surface area contributed by atoms with Crippen LogP contribution in [0.4, 0.5) is 5.69 Å². The third-order valence-corrected chi connectivity index (χ3v) is 8.19. The van der Waals surface area contributed by atoms with Gasteiger partial charge in [-0.1, -0.05) is 41.4 Å². The highest BCUT2D eigenvalue weighted by molar-refractivity contribution is 6.36. The van der Waals surface area contributed by atoms with Crippen molar-refractivity contribution in [3.63, 3.8) is 0 Å². The molecule has 4 aromatic rings. The lowest BCUT2D eigenvalue weighted by Crippen LogP contribution is -2.55. The van der Waals surface area contributed by atoms with E-state index in [1.54, 1.807) is 24.3 Å². The summed E-state index contributed by atoms with van der Waals surface area (Å²) >= 11 is 13.0. The maximum Gasteiger partial charge on any atom is 0.255 e. The number of furan rings is 1. The van der Waals surface area contributed by atoms with Crippen LogP contribution in [0.5, 0.6) is 5.75 Å². The smallest absolute Gasteiger partial charge is 0.255 e. The van der Waals surface area contributed by atoms with E-state index in [1.165, 1.54) is 0 Å². The minimum atomic E-state index is -0.863. The number of fused-ring (bicyclic) bond motifs is 4. The van der Waals surface area contributed by atoms with Gasteiger partial charge in [-0.3, -0.25) is 9.79 Å². The summed E-state index contributed by atoms with van der Waals surface area (Å²) in [5, 5.41) is 15.9. The number of aliphatic hydroxyl groups excluding tert-OH is 1. The number of hydrogen-bond acceptors (Lipinski definition) is 5. The molecule has 2 atom stereocenters. The number of halogens is 2. The van der Waals surface area contributed by atoms with Crippen molar-refractivity contribution >= 4 is 51.5 Å². The molecule has 1 aliphatic heterocycles. The molecule has 1 fully saturated rings. The number of nitrogens with zero attached hydrogens (tertiary/aromatic N) is 1. The SMILES string of the molecule is CC(C)Oc1ccc(-c2cc3ccccc3o2)cc1C(=O)NC1(CO)CCC2=Nc3c(Cl)ccc(Cl)c3C2C1. The second kappa shape index (κ2) is 10.0. The van der Waals surface area contributed by atoms with Gasteiger partial charge < -0.3 is 19.6 Å². The molecule has 8 heteroatoms. The Hall–Kier alpha value is -3.32. The first-order chi connectivity index (χ1) is 18.8. The number of benzene rings is 3. The maximum atomic E-state index is 13.9. The molecule has 39 heavy (non-hydrogen) atoms. The van der Waals surface area contributed by atoms with Crippen molar-refractivity contribution in [2.45, 2.75) is 50.7 Å². The van der Waals surface area contributed by atoms with E-state index >= 15 is 0 Å². The van der Waals surface area contributed by atoms with Crippen molar-refractivity contribution < 1.29 is 19.1 Å². The van der Waals surface area contributed by atoms with Crippen LogP contribution in [-0.2, 0) is 0 Å². The highest BCUT2D eigenvalue weighted by Crippen LogP contribution is 2.50. The van der Waals surface area contributed by atoms with Gasteiger partial charge in [0.2, 0.25) is 0 Å². The molecule has 6 rings (SSSR count). The summed E-state index contributed by atoms with van der Waals surface area (Å²) in [5.74, 6) is 0.675. The number of rotatable bonds is 6. The molecule has 0 saturated heterocycles. The summed E-state index contributed by atoms with van der Waals surface area (Å²) in [6, 6.07) is 18.7. The van der Waals surface area contributed by atoms with Crippen molar-refractivity contribution in [2.24, 2.45) is 4.99 Å². The van der Waals surface area contributed by atoms with Gasteiger partial charge in [0, 0.05) is 33.2 Å². The van der Waals surface area contributed by atoms with Crippen LogP contribution < -0.4 is 10.1 Å². The van der Waals surface area contributed by atoms with E-state index in [0.29, 0.717) is 52.1 Å². The number of aliphatic imine (C=N–C) groups is 1. The predicted octanol–water partition coefficient (Wildman–Crippen LogP) is 7.71. The van der Waals surface area contributed by atoms with Crippen molar-refractivity contribution in [2.75, 3.05) is 6.61 Å². The van der Waals surface area contributed by atoms with Crippen molar-refractivity contribution in [1.82, 2.24) is 5.32 Å². The first-order valence-corrected chi connectivity index (χ1v) is 13.8. The van der Waals surface area contributed by atoms with E-state index < -0.39 is 5.54 Å². The molecule has 0 spiro atoms. The van der Waals surface area contributed by atoms with Crippen LogP contribution in [0.15, 0.2) is 70.1 Å². The Labute approximate surface area is 236 Å². The van der Waals surface area contributed by atoms with Gasteiger partial charge in [0.15, 0.2) is 0 Å². The number of hydrogen-bond donors (Lipinski definition) is 2. The summed E-state index contributed by atoms with van der Waals surface area (Å²) in [6.45, 7) is 3.61. The minimum Gasteiger partial charge on any atom is -0.490 e. The second-order valence-electron chi connectivity index (χ2n) is 10.6. The first-order valence-electron chi connectivity index (χ1n) is 13.1. The van der Waals surface area contributed by atoms with Gasteiger partial charge in [0.05, 0.1) is 34.5 Å². The van der Waals surface area contributed by atoms with Crippen LogP contribution in [0.3, 0.4) is 0 Å². The molecule has 0 bridgehead atoms. The van der Waals surface area contributed by atoms with Crippen LogP contribution in [0.2, 0.25) is 10.0 Å². The highest BCUT2D eigenvalue weighted by atomic mass is 35.5. The zero-order chi connectivity index (χ0) is 27.3. The zero-order valence-corrected chi connectivity index (χ0v) is 23.1. The molecule has 0 radical (unpaired) electrons. The predicted molar refractivity (Wildman–Crippen MR) is 155 cm³/mol. The fraction of sp³-hybridized carbons (Fsp3) is 0.290. The van der Waals surface area contributed by atoms with Crippen LogP contribution in [-0.4, -0.2) is 35.0 Å². The average Bonchev–Trinajstić information content (AvgIpc) is 3.53. The van der Waals surface area contributed by atoms with E-state index in [-0.39, 0.29) is 24.5 Å². The lowest BCUT2D eigenvalue weighted by Gasteiger charge is -2.40. The maximum absolute atomic E-state index is 13.9. The Bertz CT molecular complexity index is 1590. The van der Waals surface area contributed by atoms with Crippen LogP contribution >= 0.6 is 23.2 Å². The number of carbonyl (C=O) groups excluding carboxylic acids is 1. The van der Waals surface area contributed by atoms with Gasteiger partial charge in [-0.2, -0.15) is 0 Å². The van der Waals surface area contributed by atoms with Crippen LogP contribution in [0, 0.1) is 0 Å². The van der Waals surface area contributed by atoms with E-state index in [2.05, 4.69) is 5.32 Å². The molecule has 2 N–H and O–H groups in total. The van der Waals surface area contributed by atoms with E-state index in [9.17, 15) is 9.90 Å². The topological polar surface area (TPSA) is 84.1 Å². The summed E-state index contributed by atoms with van der Waals surface area (Å²) in [4.78, 5) is 18.6. The van der Waals surface area contributed by atoms with Gasteiger partial charge >= 0.3 is 0 Å². The van der Waals surface area contributed by atoms with Crippen molar-refractivity contribution in [1.29, 1.82) is 0 Å². The summed E-state index contributed by atoms with van der Waals surface area (Å²) in [6.07, 6.45) is 1.49. The first kappa shape index (κ1) is 25.9. The van der Waals surface area contributed by atoms with Gasteiger partial charge in [0.25, 0.3) is 5.91 Å². The Balaban J connectivity index is 1.33. The van der Waals surface area contributed by atoms with Crippen LogP contribution in [0.25, 0.3) is 22.3 Å². The zero-order valence-electron chi connectivity index (χ0n) is 21.6. The Morgan fingerprint density at radius 3 is 2.72 bits per heavy atom. The van der Waals surface area contributed by atoms with Gasteiger partial charge in [-0.25, -0.2) is 0 Å². The summed E-state index contributed by atoms with van der Waals surface area (Å²) < 4.78 is 12.1. The molecule has 3 aromatic carbocycles. The normalized spacial score (nSPS) is 20.1. The lowest BCUT2D eigenvalue weighted by molar-refractivity contribution is 0.0784. The van der Waals surface area contributed by atoms with Gasteiger partial charge in [0.1, 0.15) is 17.1 Å². The largest absolute Gasteiger partial charge is 0.490 e. The average molecular weight is 563 g/mol. The number of para-hydroxylation sites is 1. The minimum absolute atomic E-state index is 0.124. The highest BCUT2D eigenvalue weighted by Gasteiger charge is 2.44. The monoisotopic (exact) mass is 562 g/mol. The Morgan fingerprint density at radius 1 is 1.15 bits per heavy atom. The third-order valence-electron chi connectivity index (χ3n) is 7.55. The Morgan fingerprint density at radius 2 is 1.95 bits per heavy atom. The molecule has 1 aliphatic carbocycles. The molecule has 1 saturated carbocycles. The number of carbonyl (C=O) groups is 1. The molecule has 1 amide bonds. The third kappa shape index (κ3) is 4.71. The molecule has 2 unspecified atom stereocenters. The van der Waals surface area contributed by atoms with Crippen LogP contribution in [0.1, 0.15) is 54.9 Å². The van der Waals surface area contributed by atoms with Gasteiger partial charge in [-0.15, -0.1) is 0 Å². The number of ether oxygens (including phenoxy) is 1. The van der Waals surface area contributed by atoms with E-state index in [1.807, 2.05) is 50.2 Å². The number of aliphatic hydroxyl groups is 1.